The quantitative estimate of drug-likeness (QED) is 0.828. The van der Waals surface area contributed by atoms with Crippen LogP contribution in [0, 0.1) is 13.8 Å². The monoisotopic (exact) mass is 375 g/mol. The third-order valence-electron chi connectivity index (χ3n) is 4.37. The molecule has 0 saturated carbocycles. The zero-order chi connectivity index (χ0) is 18.2. The van der Waals surface area contributed by atoms with Gasteiger partial charge >= 0.3 is 0 Å². The Balaban J connectivity index is 1.77. The number of aromatic nitrogens is 1. The number of carbonyl (C=O) groups excluding carboxylic acids is 2. The van der Waals surface area contributed by atoms with Crippen LogP contribution >= 0.6 is 23.1 Å². The van der Waals surface area contributed by atoms with E-state index in [-0.39, 0.29) is 10.8 Å². The molecule has 5 nitrogen and oxygen atoms in total. The Labute approximate surface area is 155 Å². The minimum Gasteiger partial charge on any atom is -0.318 e. The van der Waals surface area contributed by atoms with Crippen LogP contribution in [0.4, 0.5) is 5.13 Å². The zero-order valence-electron chi connectivity index (χ0n) is 14.7. The van der Waals surface area contributed by atoms with Gasteiger partial charge in [0.15, 0.2) is 5.13 Å². The first-order valence-electron chi connectivity index (χ1n) is 8.03. The van der Waals surface area contributed by atoms with Crippen molar-refractivity contribution in [3.8, 4) is 11.3 Å². The van der Waals surface area contributed by atoms with Gasteiger partial charge in [0.25, 0.3) is 0 Å². The van der Waals surface area contributed by atoms with Crippen molar-refractivity contribution in [1.82, 2.24) is 9.88 Å². The van der Waals surface area contributed by atoms with E-state index in [1.165, 1.54) is 16.9 Å². The Morgan fingerprint density at radius 2 is 2.16 bits per heavy atom. The SMILES string of the molecule is Cc1ccc(C)c(-c2csc(NC(=O)[C@@H]3CSC(C)(C)N3C=O)n2)c1. The third-order valence-corrected chi connectivity index (χ3v) is 6.53. The van der Waals surface area contributed by atoms with Crippen molar-refractivity contribution in [2.24, 2.45) is 0 Å². The van der Waals surface area contributed by atoms with Crippen molar-refractivity contribution in [1.29, 1.82) is 0 Å². The van der Waals surface area contributed by atoms with Gasteiger partial charge in [0.1, 0.15) is 6.04 Å². The average Bonchev–Trinajstić information content (AvgIpc) is 3.13. The molecule has 2 heterocycles. The minimum atomic E-state index is -0.467. The van der Waals surface area contributed by atoms with Crippen LogP contribution in [0.2, 0.25) is 0 Å². The molecule has 132 valence electrons. The Hall–Kier alpha value is -1.86. The number of rotatable bonds is 4. The second-order valence-corrected chi connectivity index (χ2v) is 9.11. The third kappa shape index (κ3) is 3.57. The number of benzene rings is 1. The summed E-state index contributed by atoms with van der Waals surface area (Å²) in [5, 5.41) is 5.37. The molecule has 1 aromatic carbocycles. The van der Waals surface area contributed by atoms with Crippen LogP contribution in [0.25, 0.3) is 11.3 Å². The Kier molecular flexibility index (Phi) is 4.88. The number of hydrogen-bond donors (Lipinski definition) is 1. The molecular formula is C18H21N3O2S2. The predicted molar refractivity (Wildman–Crippen MR) is 104 cm³/mol. The van der Waals surface area contributed by atoms with E-state index in [9.17, 15) is 9.59 Å². The fraction of sp³-hybridized carbons (Fsp3) is 0.389. The molecule has 1 N–H and O–H groups in total. The van der Waals surface area contributed by atoms with Gasteiger partial charge in [-0.3, -0.25) is 9.59 Å². The van der Waals surface area contributed by atoms with Crippen LogP contribution in [0.3, 0.4) is 0 Å². The topological polar surface area (TPSA) is 62.3 Å². The Bertz CT molecular complexity index is 816. The lowest BCUT2D eigenvalue weighted by Crippen LogP contribution is -2.47. The van der Waals surface area contributed by atoms with Crippen molar-refractivity contribution >= 4 is 40.5 Å². The molecule has 2 aromatic rings. The maximum absolute atomic E-state index is 12.6. The van der Waals surface area contributed by atoms with Crippen molar-refractivity contribution in [2.45, 2.75) is 38.6 Å². The van der Waals surface area contributed by atoms with E-state index in [0.717, 1.165) is 23.2 Å². The number of nitrogens with zero attached hydrogens (tertiary/aromatic N) is 2. The molecule has 1 fully saturated rings. The summed E-state index contributed by atoms with van der Waals surface area (Å²) in [6.45, 7) is 7.99. The fourth-order valence-corrected chi connectivity index (χ4v) is 4.78. The number of carbonyl (C=O) groups is 2. The highest BCUT2D eigenvalue weighted by Crippen LogP contribution is 2.38. The van der Waals surface area contributed by atoms with Gasteiger partial charge in [0.2, 0.25) is 12.3 Å². The lowest BCUT2D eigenvalue weighted by Gasteiger charge is -2.29. The van der Waals surface area contributed by atoms with E-state index in [0.29, 0.717) is 10.9 Å². The normalized spacial score (nSPS) is 19.0. The molecule has 0 unspecified atom stereocenters. The van der Waals surface area contributed by atoms with Gasteiger partial charge < -0.3 is 10.2 Å². The second-order valence-electron chi connectivity index (χ2n) is 6.63. The molecule has 0 bridgehead atoms. The smallest absolute Gasteiger partial charge is 0.249 e. The van der Waals surface area contributed by atoms with E-state index in [4.69, 9.17) is 0 Å². The first kappa shape index (κ1) is 17.9. The van der Waals surface area contributed by atoms with Crippen LogP contribution in [-0.4, -0.2) is 38.9 Å². The van der Waals surface area contributed by atoms with Crippen molar-refractivity contribution in [2.75, 3.05) is 11.1 Å². The molecule has 7 heteroatoms. The number of hydrogen-bond acceptors (Lipinski definition) is 5. The molecule has 25 heavy (non-hydrogen) atoms. The van der Waals surface area contributed by atoms with Crippen LogP contribution in [0.5, 0.6) is 0 Å². The molecule has 0 aliphatic carbocycles. The summed E-state index contributed by atoms with van der Waals surface area (Å²) >= 11 is 3.00. The number of anilines is 1. The highest BCUT2D eigenvalue weighted by molar-refractivity contribution is 8.00. The lowest BCUT2D eigenvalue weighted by molar-refractivity contribution is -0.130. The molecule has 0 spiro atoms. The summed E-state index contributed by atoms with van der Waals surface area (Å²) in [5.41, 5.74) is 4.25. The van der Waals surface area contributed by atoms with Crippen LogP contribution in [0.1, 0.15) is 25.0 Å². The number of thioether (sulfide) groups is 1. The van der Waals surface area contributed by atoms with E-state index < -0.39 is 6.04 Å². The van der Waals surface area contributed by atoms with Gasteiger partial charge in [-0.15, -0.1) is 23.1 Å². The van der Waals surface area contributed by atoms with Gasteiger partial charge in [0, 0.05) is 16.7 Å². The molecule has 1 aliphatic rings. The Morgan fingerprint density at radius 1 is 1.40 bits per heavy atom. The van der Waals surface area contributed by atoms with Crippen LogP contribution < -0.4 is 5.32 Å². The summed E-state index contributed by atoms with van der Waals surface area (Å²) < 4.78 is 0. The largest absolute Gasteiger partial charge is 0.318 e. The highest BCUT2D eigenvalue weighted by atomic mass is 32.2. The molecule has 1 saturated heterocycles. The number of aryl methyl sites for hydroxylation is 2. The summed E-state index contributed by atoms with van der Waals surface area (Å²) in [5.74, 6) is 0.402. The number of amides is 2. The summed E-state index contributed by atoms with van der Waals surface area (Å²) in [7, 11) is 0. The molecule has 0 radical (unpaired) electrons. The van der Waals surface area contributed by atoms with E-state index >= 15 is 0 Å². The van der Waals surface area contributed by atoms with Crippen molar-refractivity contribution in [3.63, 3.8) is 0 Å². The van der Waals surface area contributed by atoms with E-state index in [1.807, 2.05) is 33.1 Å². The molecule has 2 amide bonds. The number of nitrogens with one attached hydrogen (secondary N) is 1. The standard InChI is InChI=1S/C18H21N3O2S2/c1-11-5-6-12(2)13(7-11)14-8-24-17(19-14)20-16(23)15-9-25-18(3,4)21(15)10-22/h5-8,10,15H,9H2,1-4H3,(H,19,20,23)/t15-/m0/s1. The predicted octanol–water partition coefficient (Wildman–Crippen LogP) is 3.68. The minimum absolute atomic E-state index is 0.188. The average molecular weight is 376 g/mol. The highest BCUT2D eigenvalue weighted by Gasteiger charge is 2.43. The molecular weight excluding hydrogens is 354 g/mol. The molecule has 1 atom stereocenters. The number of thiazole rings is 1. The van der Waals surface area contributed by atoms with E-state index in [2.05, 4.69) is 28.5 Å². The first-order valence-corrected chi connectivity index (χ1v) is 9.90. The summed E-state index contributed by atoms with van der Waals surface area (Å²) in [6, 6.07) is 5.77. The van der Waals surface area contributed by atoms with Crippen molar-refractivity contribution < 1.29 is 9.59 Å². The van der Waals surface area contributed by atoms with Crippen LogP contribution in [0.15, 0.2) is 23.6 Å². The molecule has 3 rings (SSSR count). The first-order chi connectivity index (χ1) is 11.8. The van der Waals surface area contributed by atoms with Crippen molar-refractivity contribution in [3.05, 3.63) is 34.7 Å². The molecule has 1 aromatic heterocycles. The van der Waals surface area contributed by atoms with Gasteiger partial charge in [-0.05, 0) is 39.3 Å². The second kappa shape index (κ2) is 6.80. The maximum Gasteiger partial charge on any atom is 0.249 e. The maximum atomic E-state index is 12.6. The van der Waals surface area contributed by atoms with Gasteiger partial charge in [-0.1, -0.05) is 17.7 Å². The summed E-state index contributed by atoms with van der Waals surface area (Å²) in [4.78, 5) is 29.7. The Morgan fingerprint density at radius 3 is 2.88 bits per heavy atom. The zero-order valence-corrected chi connectivity index (χ0v) is 16.3. The molecule has 1 aliphatic heterocycles. The van der Waals surface area contributed by atoms with E-state index in [1.54, 1.807) is 16.7 Å². The van der Waals surface area contributed by atoms with Gasteiger partial charge in [-0.25, -0.2) is 4.98 Å². The summed E-state index contributed by atoms with van der Waals surface area (Å²) in [6.07, 6.45) is 0.758. The lowest BCUT2D eigenvalue weighted by atomic mass is 10.0. The fourth-order valence-electron chi connectivity index (χ4n) is 2.87. The van der Waals surface area contributed by atoms with Crippen LogP contribution in [-0.2, 0) is 9.59 Å². The van der Waals surface area contributed by atoms with Gasteiger partial charge in [-0.2, -0.15) is 0 Å². The van der Waals surface area contributed by atoms with Gasteiger partial charge in [0.05, 0.1) is 10.6 Å².